The lowest BCUT2D eigenvalue weighted by atomic mass is 9.93. The predicted molar refractivity (Wildman–Crippen MR) is 196 cm³/mol. The monoisotopic (exact) mass is 752 g/mol. The van der Waals surface area contributed by atoms with Crippen LogP contribution < -0.4 is 19.2 Å². The van der Waals surface area contributed by atoms with Crippen LogP contribution in [0.1, 0.15) is 66.8 Å². The minimum absolute atomic E-state index is 0.00615. The summed E-state index contributed by atoms with van der Waals surface area (Å²) in [6.45, 7) is 1.79. The van der Waals surface area contributed by atoms with Gasteiger partial charge in [-0.2, -0.15) is 10.5 Å². The van der Waals surface area contributed by atoms with Crippen molar-refractivity contribution in [1.82, 2.24) is 15.3 Å². The molecule has 1 saturated heterocycles. The minimum atomic E-state index is -4.37. The first-order valence-corrected chi connectivity index (χ1v) is 20.1. The van der Waals surface area contributed by atoms with Gasteiger partial charge in [0, 0.05) is 24.1 Å². The van der Waals surface area contributed by atoms with Gasteiger partial charge >= 0.3 is 0 Å². The second-order valence-corrected chi connectivity index (χ2v) is 16.5. The Morgan fingerprint density at radius 1 is 0.906 bits per heavy atom. The number of nitrogens with one attached hydrogen (secondary N) is 2. The molecule has 0 spiro atoms. The normalized spacial score (nSPS) is 17.6. The van der Waals surface area contributed by atoms with Crippen molar-refractivity contribution in [3.8, 4) is 12.1 Å². The molecule has 2 N–H and O–H groups in total. The first-order valence-electron chi connectivity index (χ1n) is 17.0. The molecule has 0 radical (unpaired) electrons. The molecule has 14 nitrogen and oxygen atoms in total. The fraction of sp³-hybridized carbons (Fsp3) is 0.297. The molecule has 0 bridgehead atoms. The number of hydrogen-bond acceptors (Lipinski definition) is 10. The van der Waals surface area contributed by atoms with Crippen molar-refractivity contribution in [1.29, 1.82) is 10.5 Å². The van der Waals surface area contributed by atoms with Crippen LogP contribution in [0.25, 0.3) is 0 Å². The number of rotatable bonds is 10. The summed E-state index contributed by atoms with van der Waals surface area (Å²) >= 11 is 0. The van der Waals surface area contributed by atoms with E-state index in [0.29, 0.717) is 11.1 Å². The maximum atomic E-state index is 15.2. The van der Waals surface area contributed by atoms with Crippen LogP contribution in [-0.2, 0) is 29.6 Å². The van der Waals surface area contributed by atoms with Gasteiger partial charge in [-0.3, -0.25) is 19.2 Å². The van der Waals surface area contributed by atoms with Crippen molar-refractivity contribution in [2.24, 2.45) is 0 Å². The van der Waals surface area contributed by atoms with E-state index in [1.165, 1.54) is 65.8 Å². The highest BCUT2D eigenvalue weighted by molar-refractivity contribution is 7.93. The molecule has 1 saturated carbocycles. The van der Waals surface area contributed by atoms with Crippen molar-refractivity contribution < 1.29 is 26.4 Å². The van der Waals surface area contributed by atoms with E-state index in [0.717, 1.165) is 36.4 Å². The van der Waals surface area contributed by atoms with Gasteiger partial charge in [-0.05, 0) is 79.8 Å². The van der Waals surface area contributed by atoms with E-state index in [4.69, 9.17) is 0 Å². The van der Waals surface area contributed by atoms with Crippen LogP contribution in [-0.4, -0.2) is 56.5 Å². The fourth-order valence-corrected chi connectivity index (χ4v) is 9.46. The Morgan fingerprint density at radius 3 is 2.32 bits per heavy atom. The maximum absolute atomic E-state index is 15.2. The van der Waals surface area contributed by atoms with Crippen molar-refractivity contribution in [2.75, 3.05) is 19.7 Å². The van der Waals surface area contributed by atoms with E-state index in [-0.39, 0.29) is 45.8 Å². The molecule has 272 valence electrons. The molecule has 53 heavy (non-hydrogen) atoms. The third-order valence-corrected chi connectivity index (χ3v) is 12.5. The quantitative estimate of drug-likeness (QED) is 0.233. The molecular weight excluding hydrogens is 717 g/mol. The fourth-order valence-electron chi connectivity index (χ4n) is 6.74. The highest BCUT2D eigenvalue weighted by Gasteiger charge is 2.47. The Balaban J connectivity index is 1.50. The number of aromatic nitrogens is 2. The third-order valence-electron chi connectivity index (χ3n) is 9.33. The number of carbonyl (C=O) groups excluding carboxylic acids is 2. The van der Waals surface area contributed by atoms with E-state index in [2.05, 4.69) is 20.0 Å². The summed E-state index contributed by atoms with van der Waals surface area (Å²) in [4.78, 5) is 38.8. The zero-order chi connectivity index (χ0) is 37.8. The lowest BCUT2D eigenvalue weighted by Crippen LogP contribution is -2.53. The zero-order valence-electron chi connectivity index (χ0n) is 28.7. The van der Waals surface area contributed by atoms with Gasteiger partial charge in [0.05, 0.1) is 33.9 Å². The van der Waals surface area contributed by atoms with Crippen LogP contribution in [0.5, 0.6) is 0 Å². The van der Waals surface area contributed by atoms with Crippen LogP contribution >= 0.6 is 0 Å². The standard InChI is InChI=1S/C37H36N8O6S2/c1-25-8-5-6-13-31(25)35(36(46)42-28-9-3-2-4-10-28)44(37(47)32-16-19-52(48,49)45(32)34-21-27(24-39)15-18-41-34)29-11-7-12-30(22-29)53(50,51)43-33-20-26(23-38)14-17-40-33/h5-8,11-15,17-18,20-22,28,32,35H,2-4,9-10,16,19H2,1H3,(H,40,43)(H,42,46)/t32-,35?/m0/s1. The molecule has 2 atom stereocenters. The predicted octanol–water partition coefficient (Wildman–Crippen LogP) is 4.46. The molecule has 2 aromatic heterocycles. The molecular formula is C37H36N8O6S2. The average Bonchev–Trinajstić information content (AvgIpc) is 3.48. The Bertz CT molecular complexity index is 2350. The molecule has 3 heterocycles. The number of anilines is 3. The van der Waals surface area contributed by atoms with Gasteiger partial charge in [-0.25, -0.2) is 31.1 Å². The lowest BCUT2D eigenvalue weighted by Gasteiger charge is -2.37. The summed E-state index contributed by atoms with van der Waals surface area (Å²) in [5.74, 6) is -1.96. The summed E-state index contributed by atoms with van der Waals surface area (Å²) in [5.41, 5.74) is 1.44. The topological polar surface area (TPSA) is 206 Å². The average molecular weight is 753 g/mol. The van der Waals surface area contributed by atoms with E-state index in [9.17, 15) is 32.2 Å². The number of carbonyl (C=O) groups is 2. The summed E-state index contributed by atoms with van der Waals surface area (Å²) in [7, 11) is -8.48. The molecule has 2 aliphatic rings. The van der Waals surface area contributed by atoms with Gasteiger partial charge in [-0.1, -0.05) is 49.6 Å². The van der Waals surface area contributed by atoms with Crippen molar-refractivity contribution >= 4 is 49.2 Å². The number of nitriles is 2. The summed E-state index contributed by atoms with van der Waals surface area (Å²) in [5, 5.41) is 22.0. The van der Waals surface area contributed by atoms with Gasteiger partial charge < -0.3 is 5.32 Å². The van der Waals surface area contributed by atoms with Crippen molar-refractivity contribution in [3.05, 3.63) is 107 Å². The number of nitrogens with zero attached hydrogens (tertiary/aromatic N) is 6. The minimum Gasteiger partial charge on any atom is -0.351 e. The number of aryl methyl sites for hydroxylation is 1. The van der Waals surface area contributed by atoms with Crippen LogP contribution in [0.15, 0.2) is 90.1 Å². The first-order chi connectivity index (χ1) is 25.4. The van der Waals surface area contributed by atoms with Gasteiger partial charge in [0.2, 0.25) is 15.9 Å². The number of benzene rings is 2. The molecule has 2 amide bonds. The zero-order valence-corrected chi connectivity index (χ0v) is 30.3. The second-order valence-electron chi connectivity index (χ2n) is 12.9. The number of hydrogen-bond donors (Lipinski definition) is 2. The van der Waals surface area contributed by atoms with Crippen LogP contribution in [0, 0.1) is 29.6 Å². The Kier molecular flexibility index (Phi) is 10.7. The SMILES string of the molecule is Cc1ccccc1C(C(=O)NC1CCCCC1)N(C(=O)[C@@H]1CCS(=O)(=O)N1c1cc(C#N)ccn1)c1cccc(S(=O)(=O)Nc2cc(C#N)ccn2)c1. The first kappa shape index (κ1) is 36.9. The van der Waals surface area contributed by atoms with E-state index < -0.39 is 49.7 Å². The molecule has 1 aliphatic carbocycles. The van der Waals surface area contributed by atoms with Crippen molar-refractivity contribution in [2.45, 2.75) is 68.5 Å². The molecule has 2 fully saturated rings. The second kappa shape index (κ2) is 15.4. The van der Waals surface area contributed by atoms with E-state index in [1.807, 2.05) is 12.1 Å². The van der Waals surface area contributed by atoms with E-state index >= 15 is 4.79 Å². The van der Waals surface area contributed by atoms with Crippen LogP contribution in [0.4, 0.5) is 17.3 Å². The smallest absolute Gasteiger partial charge is 0.263 e. The van der Waals surface area contributed by atoms with Gasteiger partial charge in [0.15, 0.2) is 0 Å². The van der Waals surface area contributed by atoms with Crippen LogP contribution in [0.2, 0.25) is 0 Å². The summed E-state index contributed by atoms with van der Waals surface area (Å²) < 4.78 is 57.9. The van der Waals surface area contributed by atoms with E-state index in [1.54, 1.807) is 31.2 Å². The summed E-state index contributed by atoms with van der Waals surface area (Å²) in [6.07, 6.45) is 6.77. The van der Waals surface area contributed by atoms with Crippen LogP contribution in [0.3, 0.4) is 0 Å². The molecule has 16 heteroatoms. The Morgan fingerprint density at radius 2 is 1.60 bits per heavy atom. The Labute approximate surface area is 308 Å². The largest absolute Gasteiger partial charge is 0.351 e. The maximum Gasteiger partial charge on any atom is 0.263 e. The molecule has 4 aromatic rings. The highest BCUT2D eigenvalue weighted by Crippen LogP contribution is 2.37. The molecule has 2 aromatic carbocycles. The Hall–Kier alpha value is -5.84. The lowest BCUT2D eigenvalue weighted by molar-refractivity contribution is -0.127. The van der Waals surface area contributed by atoms with Crippen molar-refractivity contribution in [3.63, 3.8) is 0 Å². The van der Waals surface area contributed by atoms with Gasteiger partial charge in [0.1, 0.15) is 23.7 Å². The van der Waals surface area contributed by atoms with Gasteiger partial charge in [-0.15, -0.1) is 0 Å². The number of amides is 2. The molecule has 1 unspecified atom stereocenters. The third kappa shape index (κ3) is 7.99. The summed E-state index contributed by atoms with van der Waals surface area (Å²) in [6, 6.07) is 18.8. The number of pyridine rings is 2. The highest BCUT2D eigenvalue weighted by atomic mass is 32.2. The number of sulfonamides is 2. The molecule has 6 rings (SSSR count). The molecule has 1 aliphatic heterocycles. The van der Waals surface area contributed by atoms with Gasteiger partial charge in [0.25, 0.3) is 15.9 Å².